The lowest BCUT2D eigenvalue weighted by atomic mass is 10.1. The summed E-state index contributed by atoms with van der Waals surface area (Å²) in [5, 5.41) is 9.91. The van der Waals surface area contributed by atoms with E-state index in [-0.39, 0.29) is 18.1 Å². The van der Waals surface area contributed by atoms with Crippen LogP contribution < -0.4 is 0 Å². The van der Waals surface area contributed by atoms with Gasteiger partial charge in [-0.25, -0.2) is 9.18 Å². The molecule has 1 aromatic carbocycles. The average Bonchev–Trinajstić information content (AvgIpc) is 3.05. The fourth-order valence-corrected chi connectivity index (χ4v) is 2.89. The molecule has 0 radical (unpaired) electrons. The third-order valence-corrected chi connectivity index (χ3v) is 3.93. The summed E-state index contributed by atoms with van der Waals surface area (Å²) < 4.78 is 13.1. The number of carbonyl (C=O) groups is 2. The Morgan fingerprint density at radius 3 is 3.00 bits per heavy atom. The highest BCUT2D eigenvalue weighted by Gasteiger charge is 2.33. The molecular weight excluding hydrogens is 275 g/mol. The molecule has 3 rings (SSSR count). The summed E-state index contributed by atoms with van der Waals surface area (Å²) >= 11 is 0. The number of aromatic amines is 1. The van der Waals surface area contributed by atoms with Gasteiger partial charge in [-0.15, -0.1) is 0 Å². The van der Waals surface area contributed by atoms with Gasteiger partial charge < -0.3 is 15.0 Å². The van der Waals surface area contributed by atoms with Gasteiger partial charge in [-0.3, -0.25) is 4.79 Å². The second-order valence-corrected chi connectivity index (χ2v) is 5.26. The summed E-state index contributed by atoms with van der Waals surface area (Å²) in [6, 6.07) is 3.63. The van der Waals surface area contributed by atoms with Crippen molar-refractivity contribution in [3.63, 3.8) is 0 Å². The number of likely N-dealkylation sites (tertiary alicyclic amines) is 1. The number of aliphatic carboxylic acids is 1. The molecule has 1 amide bonds. The largest absolute Gasteiger partial charge is 0.480 e. The molecule has 1 aromatic heterocycles. The van der Waals surface area contributed by atoms with Crippen LogP contribution in [-0.2, 0) is 16.0 Å². The third-order valence-electron chi connectivity index (χ3n) is 3.93. The fraction of sp³-hybridized carbons (Fsp3) is 0.333. The quantitative estimate of drug-likeness (QED) is 0.907. The zero-order valence-electron chi connectivity index (χ0n) is 11.3. The molecule has 110 valence electrons. The van der Waals surface area contributed by atoms with Crippen LogP contribution in [0.15, 0.2) is 24.4 Å². The number of rotatable bonds is 3. The van der Waals surface area contributed by atoms with Gasteiger partial charge in [0.25, 0.3) is 0 Å². The Bertz CT molecular complexity index is 710. The van der Waals surface area contributed by atoms with E-state index in [2.05, 4.69) is 4.98 Å². The number of nitrogens with zero attached hydrogens (tertiary/aromatic N) is 1. The molecule has 2 heterocycles. The first kappa shape index (κ1) is 13.6. The predicted molar refractivity (Wildman–Crippen MR) is 74.3 cm³/mol. The first-order chi connectivity index (χ1) is 10.1. The zero-order chi connectivity index (χ0) is 15.0. The second-order valence-electron chi connectivity index (χ2n) is 5.26. The van der Waals surface area contributed by atoms with Crippen molar-refractivity contribution in [2.24, 2.45) is 0 Å². The van der Waals surface area contributed by atoms with Crippen molar-refractivity contribution in [3.8, 4) is 0 Å². The van der Waals surface area contributed by atoms with Crippen LogP contribution in [0.1, 0.15) is 18.4 Å². The van der Waals surface area contributed by atoms with E-state index in [0.717, 1.165) is 10.9 Å². The van der Waals surface area contributed by atoms with Crippen LogP contribution in [-0.4, -0.2) is 39.5 Å². The SMILES string of the molecule is O=C(O)[C@H]1CCCN1C(=O)Cc1c[nH]c2cc(F)ccc12. The number of H-pyrrole nitrogens is 1. The van der Waals surface area contributed by atoms with E-state index >= 15 is 0 Å². The van der Waals surface area contributed by atoms with Crippen molar-refractivity contribution in [2.75, 3.05) is 6.54 Å². The number of carboxylic acid groups (broad SMARTS) is 1. The van der Waals surface area contributed by atoms with Crippen molar-refractivity contribution in [1.82, 2.24) is 9.88 Å². The van der Waals surface area contributed by atoms with Gasteiger partial charge in [0.1, 0.15) is 11.9 Å². The number of hydrogen-bond donors (Lipinski definition) is 2. The summed E-state index contributed by atoms with van der Waals surface area (Å²) in [6.45, 7) is 0.479. The van der Waals surface area contributed by atoms with Gasteiger partial charge in [0, 0.05) is 23.6 Å². The number of hydrogen-bond acceptors (Lipinski definition) is 2. The molecule has 6 heteroatoms. The number of aromatic nitrogens is 1. The lowest BCUT2D eigenvalue weighted by Crippen LogP contribution is -2.41. The highest BCUT2D eigenvalue weighted by molar-refractivity contribution is 5.90. The Labute approximate surface area is 120 Å². The van der Waals surface area contributed by atoms with E-state index in [4.69, 9.17) is 5.11 Å². The van der Waals surface area contributed by atoms with Gasteiger partial charge >= 0.3 is 5.97 Å². The van der Waals surface area contributed by atoms with Gasteiger partial charge in [0.05, 0.1) is 6.42 Å². The van der Waals surface area contributed by atoms with Crippen molar-refractivity contribution in [1.29, 1.82) is 0 Å². The number of amides is 1. The maximum absolute atomic E-state index is 13.1. The highest BCUT2D eigenvalue weighted by Crippen LogP contribution is 2.23. The van der Waals surface area contributed by atoms with E-state index < -0.39 is 12.0 Å². The fourth-order valence-electron chi connectivity index (χ4n) is 2.89. The Balaban J connectivity index is 1.82. The summed E-state index contributed by atoms with van der Waals surface area (Å²) in [5.74, 6) is -1.50. The summed E-state index contributed by atoms with van der Waals surface area (Å²) in [6.07, 6.45) is 3.01. The van der Waals surface area contributed by atoms with Crippen LogP contribution in [0.4, 0.5) is 4.39 Å². The number of benzene rings is 1. The zero-order valence-corrected chi connectivity index (χ0v) is 11.3. The Morgan fingerprint density at radius 2 is 2.24 bits per heavy atom. The predicted octanol–water partition coefficient (Wildman–Crippen LogP) is 1.93. The van der Waals surface area contributed by atoms with Gasteiger partial charge in [0.2, 0.25) is 5.91 Å². The molecule has 0 bridgehead atoms. The van der Waals surface area contributed by atoms with Crippen molar-refractivity contribution in [3.05, 3.63) is 35.8 Å². The first-order valence-electron chi connectivity index (χ1n) is 6.84. The lowest BCUT2D eigenvalue weighted by molar-refractivity contribution is -0.147. The summed E-state index contributed by atoms with van der Waals surface area (Å²) in [7, 11) is 0. The Hall–Kier alpha value is -2.37. The van der Waals surface area contributed by atoms with Crippen LogP contribution in [0.5, 0.6) is 0 Å². The molecule has 1 aliphatic heterocycles. The van der Waals surface area contributed by atoms with Crippen molar-refractivity contribution < 1.29 is 19.1 Å². The topological polar surface area (TPSA) is 73.4 Å². The molecule has 1 fully saturated rings. The summed E-state index contributed by atoms with van der Waals surface area (Å²) in [4.78, 5) is 27.8. The van der Waals surface area contributed by atoms with Crippen molar-refractivity contribution in [2.45, 2.75) is 25.3 Å². The molecule has 0 unspecified atom stereocenters. The lowest BCUT2D eigenvalue weighted by Gasteiger charge is -2.21. The monoisotopic (exact) mass is 290 g/mol. The normalized spacial score (nSPS) is 18.3. The summed E-state index contributed by atoms with van der Waals surface area (Å²) in [5.41, 5.74) is 1.39. The van der Waals surface area contributed by atoms with Gasteiger partial charge in [-0.05, 0) is 36.6 Å². The third kappa shape index (κ3) is 2.49. The molecular formula is C15H15FN2O3. The number of carboxylic acids is 1. The minimum absolute atomic E-state index is 0.120. The number of halogens is 1. The van der Waals surface area contributed by atoms with Gasteiger partial charge in [-0.1, -0.05) is 0 Å². The van der Waals surface area contributed by atoms with Gasteiger partial charge in [-0.2, -0.15) is 0 Å². The van der Waals surface area contributed by atoms with Crippen LogP contribution in [0, 0.1) is 5.82 Å². The molecule has 21 heavy (non-hydrogen) atoms. The second kappa shape index (κ2) is 5.20. The molecule has 1 saturated heterocycles. The standard InChI is InChI=1S/C15H15FN2O3/c16-10-3-4-11-9(8-17-12(11)7-10)6-14(19)18-5-1-2-13(18)15(20)21/h3-4,7-8,13,17H,1-2,5-6H2,(H,20,21)/t13-/m1/s1. The Morgan fingerprint density at radius 1 is 1.43 bits per heavy atom. The van der Waals surface area contributed by atoms with Crippen LogP contribution in [0.3, 0.4) is 0 Å². The van der Waals surface area contributed by atoms with E-state index in [9.17, 15) is 14.0 Å². The van der Waals surface area contributed by atoms with Crippen molar-refractivity contribution >= 4 is 22.8 Å². The maximum Gasteiger partial charge on any atom is 0.326 e. The molecule has 0 aliphatic carbocycles. The van der Waals surface area contributed by atoms with Crippen LogP contribution in [0.25, 0.3) is 10.9 Å². The van der Waals surface area contributed by atoms with E-state index in [1.54, 1.807) is 12.3 Å². The highest BCUT2D eigenvalue weighted by atomic mass is 19.1. The van der Waals surface area contributed by atoms with Crippen LogP contribution >= 0.6 is 0 Å². The smallest absolute Gasteiger partial charge is 0.326 e. The molecule has 0 spiro atoms. The van der Waals surface area contributed by atoms with E-state index in [1.807, 2.05) is 0 Å². The maximum atomic E-state index is 13.1. The number of fused-ring (bicyclic) bond motifs is 1. The van der Waals surface area contributed by atoms with E-state index in [1.165, 1.54) is 17.0 Å². The molecule has 0 saturated carbocycles. The van der Waals surface area contributed by atoms with E-state index in [0.29, 0.717) is 24.9 Å². The van der Waals surface area contributed by atoms with Gasteiger partial charge in [0.15, 0.2) is 0 Å². The molecule has 2 N–H and O–H groups in total. The number of carbonyl (C=O) groups excluding carboxylic acids is 1. The minimum atomic E-state index is -0.957. The molecule has 1 atom stereocenters. The molecule has 5 nitrogen and oxygen atoms in total. The molecule has 2 aromatic rings. The average molecular weight is 290 g/mol. The Kier molecular flexibility index (Phi) is 3.37. The first-order valence-corrected chi connectivity index (χ1v) is 6.84. The number of nitrogens with one attached hydrogen (secondary N) is 1. The molecule has 1 aliphatic rings. The minimum Gasteiger partial charge on any atom is -0.480 e. The van der Waals surface area contributed by atoms with Crippen LogP contribution in [0.2, 0.25) is 0 Å².